The summed E-state index contributed by atoms with van der Waals surface area (Å²) in [5, 5.41) is 22.5. The third-order valence-electron chi connectivity index (χ3n) is 8.92. The molecule has 0 atom stereocenters. The minimum Gasteiger partial charge on any atom is -0.504 e. The lowest BCUT2D eigenvalue weighted by Gasteiger charge is -2.22. The quantitative estimate of drug-likeness (QED) is 0.0595. The van der Waals surface area contributed by atoms with Crippen molar-refractivity contribution in [2.24, 2.45) is 0 Å². The molecular formula is C40H74O5. The number of benzene rings is 1. The van der Waals surface area contributed by atoms with Crippen LogP contribution in [0.15, 0.2) is 0 Å². The van der Waals surface area contributed by atoms with E-state index < -0.39 is 0 Å². The van der Waals surface area contributed by atoms with Crippen LogP contribution in [0, 0.1) is 0 Å². The number of ether oxygens (including phenoxy) is 3. The van der Waals surface area contributed by atoms with Crippen molar-refractivity contribution in [3.8, 4) is 28.7 Å². The molecule has 0 spiro atoms. The Morgan fingerprint density at radius 2 is 0.644 bits per heavy atom. The van der Waals surface area contributed by atoms with E-state index >= 15 is 0 Å². The number of unbranched alkanes of at least 4 members (excludes halogenated alkanes) is 22. The second-order valence-electron chi connectivity index (χ2n) is 13.2. The maximum absolute atomic E-state index is 11.3. The zero-order valence-corrected chi connectivity index (χ0v) is 30.3. The number of hydrogen-bond acceptors (Lipinski definition) is 5. The Morgan fingerprint density at radius 1 is 0.333 bits per heavy atom. The molecule has 0 saturated heterocycles. The van der Waals surface area contributed by atoms with E-state index in [2.05, 4.69) is 27.7 Å². The van der Waals surface area contributed by atoms with Crippen LogP contribution in [0.5, 0.6) is 28.7 Å². The van der Waals surface area contributed by atoms with Crippen molar-refractivity contribution < 1.29 is 24.4 Å². The molecule has 0 amide bonds. The highest BCUT2D eigenvalue weighted by atomic mass is 16.5. The molecule has 5 nitrogen and oxygen atoms in total. The fourth-order valence-corrected chi connectivity index (χ4v) is 5.96. The minimum atomic E-state index is -0.195. The van der Waals surface area contributed by atoms with Gasteiger partial charge in [-0.3, -0.25) is 0 Å². The molecule has 1 aromatic carbocycles. The van der Waals surface area contributed by atoms with Crippen LogP contribution in [-0.4, -0.2) is 30.0 Å². The molecule has 0 bridgehead atoms. The third kappa shape index (κ3) is 19.5. The molecule has 5 heteroatoms. The van der Waals surface area contributed by atoms with Gasteiger partial charge in [0.15, 0.2) is 11.5 Å². The molecule has 0 radical (unpaired) electrons. The van der Waals surface area contributed by atoms with Crippen LogP contribution in [0.4, 0.5) is 0 Å². The zero-order valence-electron chi connectivity index (χ0n) is 30.3. The number of rotatable bonds is 33. The normalized spacial score (nSPS) is 11.3. The van der Waals surface area contributed by atoms with Crippen LogP contribution in [0.25, 0.3) is 0 Å². The lowest BCUT2D eigenvalue weighted by Crippen LogP contribution is -2.09. The molecule has 0 unspecified atom stereocenters. The predicted molar refractivity (Wildman–Crippen MR) is 193 cm³/mol. The molecule has 0 aromatic heterocycles. The Hall–Kier alpha value is -1.78. The first-order valence-corrected chi connectivity index (χ1v) is 19.6. The summed E-state index contributed by atoms with van der Waals surface area (Å²) in [6.45, 7) is 10.6. The zero-order chi connectivity index (χ0) is 32.8. The highest BCUT2D eigenvalue weighted by Gasteiger charge is 2.27. The molecule has 1 rings (SSSR count). The van der Waals surface area contributed by atoms with Crippen LogP contribution in [0.2, 0.25) is 0 Å². The van der Waals surface area contributed by atoms with Crippen molar-refractivity contribution in [3.05, 3.63) is 5.56 Å². The fraction of sp³-hybridized carbons (Fsp3) is 0.850. The van der Waals surface area contributed by atoms with Gasteiger partial charge < -0.3 is 24.4 Å². The Labute approximate surface area is 279 Å². The van der Waals surface area contributed by atoms with E-state index in [1.165, 1.54) is 116 Å². The van der Waals surface area contributed by atoms with Crippen LogP contribution < -0.4 is 14.2 Å². The maximum Gasteiger partial charge on any atom is 0.211 e. The Balaban J connectivity index is 3.06. The predicted octanol–water partition coefficient (Wildman–Crippen LogP) is 13.0. The van der Waals surface area contributed by atoms with Gasteiger partial charge in [0.25, 0.3) is 0 Å². The van der Waals surface area contributed by atoms with Gasteiger partial charge >= 0.3 is 0 Å². The van der Waals surface area contributed by atoms with E-state index in [0.29, 0.717) is 43.3 Å². The molecule has 0 aliphatic carbocycles. The van der Waals surface area contributed by atoms with Crippen LogP contribution in [0.1, 0.15) is 200 Å². The topological polar surface area (TPSA) is 68.2 Å². The SMILES string of the molecule is CCCCCCCCCOc1c(O)c(O)c(CCCCCCC)c(OCCCCCCCCC)c1OCCCCCCCCC. The molecule has 45 heavy (non-hydrogen) atoms. The molecule has 0 heterocycles. The van der Waals surface area contributed by atoms with Crippen molar-refractivity contribution in [3.63, 3.8) is 0 Å². The first-order valence-electron chi connectivity index (χ1n) is 19.6. The summed E-state index contributed by atoms with van der Waals surface area (Å²) in [6, 6.07) is 0. The third-order valence-corrected chi connectivity index (χ3v) is 8.92. The van der Waals surface area contributed by atoms with E-state index in [1.807, 2.05) is 0 Å². The van der Waals surface area contributed by atoms with Gasteiger partial charge in [0.1, 0.15) is 0 Å². The van der Waals surface area contributed by atoms with Crippen molar-refractivity contribution in [1.82, 2.24) is 0 Å². The number of aromatic hydroxyl groups is 2. The van der Waals surface area contributed by atoms with Gasteiger partial charge in [-0.1, -0.05) is 169 Å². The summed E-state index contributed by atoms with van der Waals surface area (Å²) >= 11 is 0. The van der Waals surface area contributed by atoms with Gasteiger partial charge in [0.05, 0.1) is 19.8 Å². The van der Waals surface area contributed by atoms with Gasteiger partial charge in [-0.2, -0.15) is 0 Å². The number of phenols is 2. The van der Waals surface area contributed by atoms with E-state index in [9.17, 15) is 10.2 Å². The summed E-state index contributed by atoms with van der Waals surface area (Å²) in [4.78, 5) is 0. The lowest BCUT2D eigenvalue weighted by atomic mass is 10.0. The van der Waals surface area contributed by atoms with Crippen LogP contribution >= 0.6 is 0 Å². The average molecular weight is 635 g/mol. The van der Waals surface area contributed by atoms with Crippen molar-refractivity contribution in [1.29, 1.82) is 0 Å². The summed E-state index contributed by atoms with van der Waals surface area (Å²) in [6.07, 6.45) is 31.5. The summed E-state index contributed by atoms with van der Waals surface area (Å²) in [7, 11) is 0. The van der Waals surface area contributed by atoms with Crippen molar-refractivity contribution >= 4 is 0 Å². The van der Waals surface area contributed by atoms with Gasteiger partial charge in [0, 0.05) is 5.56 Å². The van der Waals surface area contributed by atoms with Crippen molar-refractivity contribution in [2.75, 3.05) is 19.8 Å². The minimum absolute atomic E-state index is 0.0992. The molecule has 0 aliphatic heterocycles. The first-order chi connectivity index (χ1) is 22.1. The van der Waals surface area contributed by atoms with E-state index in [0.717, 1.165) is 51.4 Å². The summed E-state index contributed by atoms with van der Waals surface area (Å²) in [5.41, 5.74) is 0.671. The second-order valence-corrected chi connectivity index (χ2v) is 13.2. The highest BCUT2D eigenvalue weighted by molar-refractivity contribution is 5.69. The summed E-state index contributed by atoms with van der Waals surface area (Å²) < 4.78 is 19.1. The molecule has 0 aliphatic rings. The Bertz CT molecular complexity index is 809. The van der Waals surface area contributed by atoms with Crippen LogP contribution in [-0.2, 0) is 6.42 Å². The van der Waals surface area contributed by atoms with Gasteiger partial charge in [0.2, 0.25) is 17.2 Å². The summed E-state index contributed by atoms with van der Waals surface area (Å²) in [5.74, 6) is 1.04. The lowest BCUT2D eigenvalue weighted by molar-refractivity contribution is 0.222. The first kappa shape index (κ1) is 41.2. The van der Waals surface area contributed by atoms with Crippen molar-refractivity contribution in [2.45, 2.75) is 201 Å². The van der Waals surface area contributed by atoms with Crippen LogP contribution in [0.3, 0.4) is 0 Å². The molecule has 0 saturated carbocycles. The number of phenolic OH excluding ortho intramolecular Hbond substituents is 2. The largest absolute Gasteiger partial charge is 0.504 e. The molecule has 264 valence electrons. The fourth-order valence-electron chi connectivity index (χ4n) is 5.96. The van der Waals surface area contributed by atoms with Gasteiger partial charge in [-0.15, -0.1) is 0 Å². The number of hydrogen-bond donors (Lipinski definition) is 2. The second kappa shape index (κ2) is 29.6. The highest BCUT2D eigenvalue weighted by Crippen LogP contribution is 2.53. The van der Waals surface area contributed by atoms with E-state index in [1.54, 1.807) is 0 Å². The standard InChI is InChI=1S/C40H74O5/c1-5-9-13-17-20-24-28-32-43-38-35(31-27-23-16-12-8-4)36(41)37(42)39(44-33-29-25-21-18-14-10-6-2)40(38)45-34-30-26-22-19-15-11-7-3/h41-42H,5-34H2,1-4H3. The Kier molecular flexibility index (Phi) is 27.1. The molecule has 2 N–H and O–H groups in total. The average Bonchev–Trinajstić information content (AvgIpc) is 3.04. The maximum atomic E-state index is 11.3. The monoisotopic (exact) mass is 635 g/mol. The Morgan fingerprint density at radius 3 is 1.04 bits per heavy atom. The molecule has 1 aromatic rings. The molecule has 0 fully saturated rings. The van der Waals surface area contributed by atoms with Gasteiger partial charge in [-0.25, -0.2) is 0 Å². The van der Waals surface area contributed by atoms with E-state index in [-0.39, 0.29) is 17.2 Å². The van der Waals surface area contributed by atoms with E-state index in [4.69, 9.17) is 14.2 Å². The smallest absolute Gasteiger partial charge is 0.211 e. The van der Waals surface area contributed by atoms with Gasteiger partial charge in [-0.05, 0) is 32.1 Å². The molecular weight excluding hydrogens is 560 g/mol.